The Bertz CT molecular complexity index is 395. The van der Waals surface area contributed by atoms with Gasteiger partial charge in [0.1, 0.15) is 0 Å². The lowest BCUT2D eigenvalue weighted by Gasteiger charge is -2.27. The van der Waals surface area contributed by atoms with Gasteiger partial charge in [0.2, 0.25) is 0 Å². The minimum atomic E-state index is -1.05. The van der Waals surface area contributed by atoms with Crippen molar-refractivity contribution < 1.29 is 9.90 Å². The molecule has 6 heteroatoms. The number of nitrogens with zero attached hydrogens (tertiary/aromatic N) is 3. The quantitative estimate of drug-likeness (QED) is 0.747. The van der Waals surface area contributed by atoms with Crippen LogP contribution in [0, 0.1) is 11.3 Å². The molecule has 0 aliphatic heterocycles. The van der Waals surface area contributed by atoms with Crippen molar-refractivity contribution in [2.75, 3.05) is 13.1 Å². The highest BCUT2D eigenvalue weighted by Gasteiger charge is 2.19. The zero-order valence-electron chi connectivity index (χ0n) is 11.5. The number of nitrogens with one attached hydrogen (secondary N) is 1. The largest absolute Gasteiger partial charge is 0.476 e. The smallest absolute Gasteiger partial charge is 0.358 e. The van der Waals surface area contributed by atoms with Gasteiger partial charge in [0.15, 0.2) is 5.69 Å². The van der Waals surface area contributed by atoms with Gasteiger partial charge in [-0.05, 0) is 17.9 Å². The van der Waals surface area contributed by atoms with E-state index in [4.69, 9.17) is 5.11 Å². The van der Waals surface area contributed by atoms with Gasteiger partial charge in [-0.25, -0.2) is 4.79 Å². The van der Waals surface area contributed by atoms with E-state index in [2.05, 4.69) is 43.3 Å². The first-order valence-electron chi connectivity index (χ1n) is 6.15. The van der Waals surface area contributed by atoms with Crippen LogP contribution in [0.25, 0.3) is 0 Å². The number of aromatic carboxylic acids is 1. The van der Waals surface area contributed by atoms with Crippen LogP contribution in [0.2, 0.25) is 0 Å². The molecule has 6 nitrogen and oxygen atoms in total. The maximum atomic E-state index is 10.6. The predicted octanol–water partition coefficient (Wildman–Crippen LogP) is 1.25. The van der Waals surface area contributed by atoms with Gasteiger partial charge in [0.25, 0.3) is 0 Å². The molecular weight excluding hydrogens is 232 g/mol. The summed E-state index contributed by atoms with van der Waals surface area (Å²) in [6.45, 7) is 11.2. The highest BCUT2D eigenvalue weighted by molar-refractivity contribution is 5.84. The van der Waals surface area contributed by atoms with E-state index >= 15 is 0 Å². The molecule has 102 valence electrons. The Morgan fingerprint density at radius 1 is 1.56 bits per heavy atom. The van der Waals surface area contributed by atoms with Crippen LogP contribution >= 0.6 is 0 Å². The molecule has 1 heterocycles. The second kappa shape index (κ2) is 5.95. The van der Waals surface area contributed by atoms with Crippen molar-refractivity contribution >= 4 is 5.97 Å². The molecule has 0 aromatic carbocycles. The molecule has 0 amide bonds. The van der Waals surface area contributed by atoms with Crippen LogP contribution in [-0.4, -0.2) is 39.2 Å². The van der Waals surface area contributed by atoms with Crippen LogP contribution in [0.15, 0.2) is 6.20 Å². The molecule has 0 bridgehead atoms. The zero-order valence-corrected chi connectivity index (χ0v) is 11.5. The highest BCUT2D eigenvalue weighted by Crippen LogP contribution is 2.24. The number of hydrogen-bond acceptors (Lipinski definition) is 4. The first-order chi connectivity index (χ1) is 8.30. The number of carbonyl (C=O) groups is 1. The van der Waals surface area contributed by atoms with Crippen molar-refractivity contribution in [2.45, 2.75) is 34.2 Å². The molecule has 0 radical (unpaired) electrons. The lowest BCUT2D eigenvalue weighted by Crippen LogP contribution is -2.31. The van der Waals surface area contributed by atoms with Gasteiger partial charge in [0.05, 0.1) is 12.7 Å². The lowest BCUT2D eigenvalue weighted by atomic mass is 9.82. The van der Waals surface area contributed by atoms with Crippen molar-refractivity contribution in [1.29, 1.82) is 0 Å². The van der Waals surface area contributed by atoms with Gasteiger partial charge in [-0.3, -0.25) is 4.68 Å². The van der Waals surface area contributed by atoms with Crippen LogP contribution in [0.5, 0.6) is 0 Å². The standard InChI is InChI=1S/C12H22N4O2/c1-9(12(2,3)4)7-13-5-6-16-8-10(11(17)18)14-15-16/h8-9,13H,5-7H2,1-4H3,(H,17,18). The van der Waals surface area contributed by atoms with Crippen molar-refractivity contribution in [3.63, 3.8) is 0 Å². The van der Waals surface area contributed by atoms with Gasteiger partial charge in [-0.15, -0.1) is 5.10 Å². The average Bonchev–Trinajstić information content (AvgIpc) is 2.71. The summed E-state index contributed by atoms with van der Waals surface area (Å²) in [6, 6.07) is 0. The zero-order chi connectivity index (χ0) is 13.8. The van der Waals surface area contributed by atoms with E-state index < -0.39 is 5.97 Å². The van der Waals surface area contributed by atoms with Crippen molar-refractivity contribution in [1.82, 2.24) is 20.3 Å². The van der Waals surface area contributed by atoms with Gasteiger partial charge in [-0.2, -0.15) is 0 Å². The third-order valence-corrected chi connectivity index (χ3v) is 3.20. The van der Waals surface area contributed by atoms with Crippen LogP contribution in [0.4, 0.5) is 0 Å². The molecule has 1 aromatic heterocycles. The molecule has 0 spiro atoms. The Kier molecular flexibility index (Phi) is 4.84. The SMILES string of the molecule is CC(CNCCn1cc(C(=O)O)nn1)C(C)(C)C. The molecular formula is C12H22N4O2. The summed E-state index contributed by atoms with van der Waals surface area (Å²) in [4.78, 5) is 10.6. The fraction of sp³-hybridized carbons (Fsp3) is 0.750. The van der Waals surface area contributed by atoms with Crippen molar-refractivity contribution in [3.8, 4) is 0 Å². The predicted molar refractivity (Wildman–Crippen MR) is 68.5 cm³/mol. The van der Waals surface area contributed by atoms with Crippen LogP contribution < -0.4 is 5.32 Å². The van der Waals surface area contributed by atoms with E-state index in [1.807, 2.05) is 0 Å². The van der Waals surface area contributed by atoms with E-state index in [1.54, 1.807) is 0 Å². The van der Waals surface area contributed by atoms with Crippen LogP contribution in [-0.2, 0) is 6.54 Å². The third kappa shape index (κ3) is 4.44. The number of carboxylic acid groups (broad SMARTS) is 1. The average molecular weight is 254 g/mol. The summed E-state index contributed by atoms with van der Waals surface area (Å²) in [5, 5.41) is 19.3. The Hall–Kier alpha value is -1.43. The second-order valence-electron chi connectivity index (χ2n) is 5.64. The molecule has 1 atom stereocenters. The maximum absolute atomic E-state index is 10.6. The van der Waals surface area contributed by atoms with E-state index in [-0.39, 0.29) is 11.1 Å². The van der Waals surface area contributed by atoms with E-state index in [1.165, 1.54) is 10.9 Å². The van der Waals surface area contributed by atoms with Crippen LogP contribution in [0.3, 0.4) is 0 Å². The van der Waals surface area contributed by atoms with Crippen molar-refractivity contribution in [3.05, 3.63) is 11.9 Å². The van der Waals surface area contributed by atoms with Crippen LogP contribution in [0.1, 0.15) is 38.2 Å². The summed E-state index contributed by atoms with van der Waals surface area (Å²) in [5.74, 6) is -0.474. The summed E-state index contributed by atoms with van der Waals surface area (Å²) in [5.41, 5.74) is 0.273. The first-order valence-corrected chi connectivity index (χ1v) is 6.15. The lowest BCUT2D eigenvalue weighted by molar-refractivity contribution is 0.0690. The Morgan fingerprint density at radius 2 is 2.22 bits per heavy atom. The minimum absolute atomic E-state index is 0.0157. The summed E-state index contributed by atoms with van der Waals surface area (Å²) < 4.78 is 1.54. The van der Waals surface area contributed by atoms with E-state index in [0.29, 0.717) is 12.5 Å². The molecule has 0 aliphatic carbocycles. The summed E-state index contributed by atoms with van der Waals surface area (Å²) in [7, 11) is 0. The van der Waals surface area contributed by atoms with Gasteiger partial charge in [-0.1, -0.05) is 32.9 Å². The maximum Gasteiger partial charge on any atom is 0.358 e. The number of hydrogen-bond donors (Lipinski definition) is 2. The first kappa shape index (κ1) is 14.6. The molecule has 1 rings (SSSR count). The fourth-order valence-corrected chi connectivity index (χ4v) is 1.32. The van der Waals surface area contributed by atoms with E-state index in [0.717, 1.165) is 13.1 Å². The Balaban J connectivity index is 2.27. The molecule has 2 N–H and O–H groups in total. The summed E-state index contributed by atoms with van der Waals surface area (Å²) >= 11 is 0. The molecule has 0 fully saturated rings. The van der Waals surface area contributed by atoms with Gasteiger partial charge >= 0.3 is 5.97 Å². The molecule has 1 unspecified atom stereocenters. The van der Waals surface area contributed by atoms with Gasteiger partial charge in [0, 0.05) is 6.54 Å². The molecule has 18 heavy (non-hydrogen) atoms. The second-order valence-corrected chi connectivity index (χ2v) is 5.64. The summed E-state index contributed by atoms with van der Waals surface area (Å²) in [6.07, 6.45) is 1.44. The number of carboxylic acids is 1. The Labute approximate surface area is 107 Å². The Morgan fingerprint density at radius 3 is 2.72 bits per heavy atom. The minimum Gasteiger partial charge on any atom is -0.476 e. The van der Waals surface area contributed by atoms with Crippen molar-refractivity contribution in [2.24, 2.45) is 11.3 Å². The topological polar surface area (TPSA) is 80.0 Å². The number of aromatic nitrogens is 3. The number of rotatable bonds is 6. The monoisotopic (exact) mass is 254 g/mol. The normalized spacial score (nSPS) is 13.6. The van der Waals surface area contributed by atoms with E-state index in [9.17, 15) is 4.79 Å². The highest BCUT2D eigenvalue weighted by atomic mass is 16.4. The fourth-order valence-electron chi connectivity index (χ4n) is 1.32. The molecule has 0 aliphatic rings. The molecule has 1 aromatic rings. The molecule has 0 saturated carbocycles. The molecule has 0 saturated heterocycles. The van der Waals surface area contributed by atoms with Gasteiger partial charge < -0.3 is 10.4 Å². The third-order valence-electron chi connectivity index (χ3n) is 3.20.